The number of carbonyl (C=O) groups is 1. The van der Waals surface area contributed by atoms with Gasteiger partial charge in [-0.15, -0.1) is 0 Å². The summed E-state index contributed by atoms with van der Waals surface area (Å²) in [7, 11) is 0. The van der Waals surface area contributed by atoms with Gasteiger partial charge in [0.2, 0.25) is 0 Å². The second-order valence-corrected chi connectivity index (χ2v) is 5.69. The van der Waals surface area contributed by atoms with E-state index in [1.807, 2.05) is 38.1 Å². The van der Waals surface area contributed by atoms with Crippen molar-refractivity contribution in [3.63, 3.8) is 0 Å². The van der Waals surface area contributed by atoms with E-state index in [9.17, 15) is 4.79 Å². The molecule has 0 radical (unpaired) electrons. The Balaban J connectivity index is 1.87. The lowest BCUT2D eigenvalue weighted by atomic mass is 10.2. The monoisotopic (exact) mass is 344 g/mol. The summed E-state index contributed by atoms with van der Waals surface area (Å²) in [6, 6.07) is 9.40. The van der Waals surface area contributed by atoms with Crippen LogP contribution < -0.4 is 5.32 Å². The number of pyridine rings is 1. The van der Waals surface area contributed by atoms with E-state index in [4.69, 9.17) is 4.42 Å². The van der Waals surface area contributed by atoms with Crippen LogP contribution in [0.4, 0.5) is 5.69 Å². The zero-order valence-electron chi connectivity index (χ0n) is 11.6. The van der Waals surface area contributed by atoms with Crippen molar-refractivity contribution < 1.29 is 9.21 Å². The summed E-state index contributed by atoms with van der Waals surface area (Å²) in [5, 5.41) is 3.71. The van der Waals surface area contributed by atoms with Gasteiger partial charge in [-0.3, -0.25) is 4.79 Å². The van der Waals surface area contributed by atoms with E-state index >= 15 is 0 Å². The van der Waals surface area contributed by atoms with Crippen molar-refractivity contribution in [2.24, 2.45) is 0 Å². The minimum atomic E-state index is -0.285. The average Bonchev–Trinajstić information content (AvgIpc) is 2.86. The number of rotatable bonds is 2. The maximum Gasteiger partial charge on any atom is 0.291 e. The molecule has 1 aromatic carbocycles. The maximum absolute atomic E-state index is 12.2. The molecule has 2 aromatic heterocycles. The molecule has 1 N–H and O–H groups in total. The average molecular weight is 345 g/mol. The van der Waals surface area contributed by atoms with Gasteiger partial charge in [-0.05, 0) is 59.6 Å². The number of anilines is 1. The molecule has 106 valence electrons. The topological polar surface area (TPSA) is 55.1 Å². The number of aromatic nitrogens is 1. The molecule has 3 aromatic rings. The van der Waals surface area contributed by atoms with Gasteiger partial charge in [-0.2, -0.15) is 0 Å². The van der Waals surface area contributed by atoms with E-state index in [2.05, 4.69) is 26.2 Å². The molecule has 5 heteroatoms. The summed E-state index contributed by atoms with van der Waals surface area (Å²) in [5.74, 6) is 0.00328. The Labute approximate surface area is 130 Å². The number of halogens is 1. The van der Waals surface area contributed by atoms with Crippen molar-refractivity contribution >= 4 is 38.5 Å². The number of aryl methyl sites for hydroxylation is 2. The van der Waals surface area contributed by atoms with Gasteiger partial charge < -0.3 is 9.73 Å². The zero-order valence-corrected chi connectivity index (χ0v) is 13.2. The van der Waals surface area contributed by atoms with Crippen LogP contribution in [0.3, 0.4) is 0 Å². The summed E-state index contributed by atoms with van der Waals surface area (Å²) in [4.78, 5) is 16.4. The third-order valence-corrected chi connectivity index (χ3v) is 4.00. The summed E-state index contributed by atoms with van der Waals surface area (Å²) in [5.41, 5.74) is 3.42. The normalized spacial score (nSPS) is 10.8. The van der Waals surface area contributed by atoms with Crippen LogP contribution in [0.2, 0.25) is 0 Å². The van der Waals surface area contributed by atoms with E-state index in [-0.39, 0.29) is 11.7 Å². The number of hydrogen-bond acceptors (Lipinski definition) is 3. The summed E-state index contributed by atoms with van der Waals surface area (Å²) in [6.45, 7) is 3.92. The lowest BCUT2D eigenvalue weighted by molar-refractivity contribution is 0.0998. The largest absolute Gasteiger partial charge is 0.451 e. The first kappa shape index (κ1) is 13.8. The molecule has 0 saturated carbocycles. The number of fused-ring (bicyclic) bond motifs is 1. The highest BCUT2D eigenvalue weighted by molar-refractivity contribution is 9.10. The molecule has 2 heterocycles. The van der Waals surface area contributed by atoms with E-state index in [1.165, 1.54) is 0 Å². The molecule has 0 saturated heterocycles. The van der Waals surface area contributed by atoms with Gasteiger partial charge in [0.25, 0.3) is 5.91 Å². The standard InChI is InChI=1S/C16H13BrN2O2/c1-9-3-4-13-11(5-9)7-14(21-13)16(20)19-12-6-10(2)15(17)18-8-12/h3-8H,1-2H3,(H,19,20). The number of benzene rings is 1. The Morgan fingerprint density at radius 3 is 2.81 bits per heavy atom. The quantitative estimate of drug-likeness (QED) is 0.698. The predicted molar refractivity (Wildman–Crippen MR) is 85.6 cm³/mol. The molecular weight excluding hydrogens is 332 g/mol. The van der Waals surface area contributed by atoms with Crippen molar-refractivity contribution in [3.8, 4) is 0 Å². The first-order chi connectivity index (χ1) is 10.0. The minimum absolute atomic E-state index is 0.285. The van der Waals surface area contributed by atoms with Gasteiger partial charge in [0.05, 0.1) is 11.9 Å². The highest BCUT2D eigenvalue weighted by Gasteiger charge is 2.13. The molecule has 0 aliphatic heterocycles. The number of furan rings is 1. The first-order valence-corrected chi connectivity index (χ1v) is 7.26. The van der Waals surface area contributed by atoms with Crippen molar-refractivity contribution in [1.29, 1.82) is 0 Å². The molecule has 0 spiro atoms. The molecule has 0 bridgehead atoms. The van der Waals surface area contributed by atoms with Crippen molar-refractivity contribution in [3.05, 3.63) is 58.0 Å². The Morgan fingerprint density at radius 2 is 2.05 bits per heavy atom. The third kappa shape index (κ3) is 2.83. The van der Waals surface area contributed by atoms with Gasteiger partial charge in [-0.1, -0.05) is 11.6 Å². The van der Waals surface area contributed by atoms with Crippen LogP contribution in [-0.4, -0.2) is 10.9 Å². The fraction of sp³-hybridized carbons (Fsp3) is 0.125. The Hall–Kier alpha value is -2.14. The molecule has 4 nitrogen and oxygen atoms in total. The SMILES string of the molecule is Cc1ccc2oc(C(=O)Nc3cnc(Br)c(C)c3)cc2c1. The Morgan fingerprint density at radius 1 is 1.24 bits per heavy atom. The molecule has 0 unspecified atom stereocenters. The first-order valence-electron chi connectivity index (χ1n) is 6.46. The molecule has 21 heavy (non-hydrogen) atoms. The molecule has 0 aliphatic rings. The van der Waals surface area contributed by atoms with Gasteiger partial charge >= 0.3 is 0 Å². The van der Waals surface area contributed by atoms with Gasteiger partial charge in [0.1, 0.15) is 10.2 Å². The fourth-order valence-corrected chi connectivity index (χ4v) is 2.31. The van der Waals surface area contributed by atoms with Crippen molar-refractivity contribution in [2.75, 3.05) is 5.32 Å². The van der Waals surface area contributed by atoms with Crippen LogP contribution in [0, 0.1) is 13.8 Å². The van der Waals surface area contributed by atoms with Crippen LogP contribution in [0.15, 0.2) is 45.5 Å². The van der Waals surface area contributed by atoms with Crippen LogP contribution in [0.1, 0.15) is 21.7 Å². The van der Waals surface area contributed by atoms with Gasteiger partial charge in [0.15, 0.2) is 5.76 Å². The molecule has 0 atom stereocenters. The summed E-state index contributed by atoms with van der Waals surface area (Å²) >= 11 is 3.33. The van der Waals surface area contributed by atoms with E-state index in [1.54, 1.807) is 12.3 Å². The maximum atomic E-state index is 12.2. The van der Waals surface area contributed by atoms with Gasteiger partial charge in [-0.25, -0.2) is 4.98 Å². The van der Waals surface area contributed by atoms with Crippen LogP contribution in [0.25, 0.3) is 11.0 Å². The number of nitrogens with one attached hydrogen (secondary N) is 1. The number of hydrogen-bond donors (Lipinski definition) is 1. The van der Waals surface area contributed by atoms with Gasteiger partial charge in [0, 0.05) is 5.39 Å². The molecule has 1 amide bonds. The van der Waals surface area contributed by atoms with Crippen LogP contribution in [0.5, 0.6) is 0 Å². The highest BCUT2D eigenvalue weighted by atomic mass is 79.9. The van der Waals surface area contributed by atoms with E-state index in [0.29, 0.717) is 11.3 Å². The second kappa shape index (κ2) is 5.33. The summed E-state index contributed by atoms with van der Waals surface area (Å²) in [6.07, 6.45) is 1.60. The van der Waals surface area contributed by atoms with Crippen molar-refractivity contribution in [2.45, 2.75) is 13.8 Å². The van der Waals surface area contributed by atoms with E-state index < -0.39 is 0 Å². The number of nitrogens with zero attached hydrogens (tertiary/aromatic N) is 1. The summed E-state index contributed by atoms with van der Waals surface area (Å²) < 4.78 is 6.33. The predicted octanol–water partition coefficient (Wildman–Crippen LogP) is 4.46. The van der Waals surface area contributed by atoms with Crippen LogP contribution >= 0.6 is 15.9 Å². The minimum Gasteiger partial charge on any atom is -0.451 e. The lowest BCUT2D eigenvalue weighted by Crippen LogP contribution is -2.11. The lowest BCUT2D eigenvalue weighted by Gasteiger charge is -2.04. The Kier molecular flexibility index (Phi) is 3.51. The van der Waals surface area contributed by atoms with E-state index in [0.717, 1.165) is 21.1 Å². The molecule has 0 fully saturated rings. The number of amides is 1. The molecular formula is C16H13BrN2O2. The van der Waals surface area contributed by atoms with Crippen LogP contribution in [-0.2, 0) is 0 Å². The van der Waals surface area contributed by atoms with Crippen molar-refractivity contribution in [1.82, 2.24) is 4.98 Å². The highest BCUT2D eigenvalue weighted by Crippen LogP contribution is 2.22. The number of carbonyl (C=O) groups excluding carboxylic acids is 1. The fourth-order valence-electron chi connectivity index (χ4n) is 2.09. The third-order valence-electron chi connectivity index (χ3n) is 3.17. The second-order valence-electron chi connectivity index (χ2n) is 4.94. The molecule has 0 aliphatic carbocycles. The molecule has 3 rings (SSSR count). The zero-order chi connectivity index (χ0) is 15.0. The Bertz CT molecular complexity index is 839. The smallest absolute Gasteiger partial charge is 0.291 e.